The molecule has 2 aromatic rings. The summed E-state index contributed by atoms with van der Waals surface area (Å²) in [5.74, 6) is 1.05. The van der Waals surface area contributed by atoms with E-state index in [0.717, 1.165) is 30.0 Å². The molecule has 106 valence electrons. The third kappa shape index (κ3) is 3.58. The summed E-state index contributed by atoms with van der Waals surface area (Å²) in [7, 11) is 0. The zero-order valence-electron chi connectivity index (χ0n) is 12.2. The van der Waals surface area contributed by atoms with Crippen molar-refractivity contribution in [2.75, 3.05) is 6.54 Å². The summed E-state index contributed by atoms with van der Waals surface area (Å²) >= 11 is 0. The van der Waals surface area contributed by atoms with Crippen molar-refractivity contribution in [2.24, 2.45) is 0 Å². The molecule has 0 radical (unpaired) electrons. The molecule has 0 saturated heterocycles. The van der Waals surface area contributed by atoms with Gasteiger partial charge in [0, 0.05) is 12.6 Å². The summed E-state index contributed by atoms with van der Waals surface area (Å²) < 4.78 is 19.3. The first-order valence-electron chi connectivity index (χ1n) is 6.84. The summed E-state index contributed by atoms with van der Waals surface area (Å²) in [5, 5.41) is 3.28. The van der Waals surface area contributed by atoms with Gasteiger partial charge in [0.05, 0.1) is 0 Å². The lowest BCUT2D eigenvalue weighted by atomic mass is 10.1. The van der Waals surface area contributed by atoms with Gasteiger partial charge < -0.3 is 10.1 Å². The molecule has 0 amide bonds. The van der Waals surface area contributed by atoms with Crippen LogP contribution in [0.2, 0.25) is 0 Å². The van der Waals surface area contributed by atoms with Gasteiger partial charge in [-0.1, -0.05) is 25.1 Å². The Morgan fingerprint density at radius 2 is 1.80 bits per heavy atom. The van der Waals surface area contributed by atoms with Crippen molar-refractivity contribution in [1.82, 2.24) is 5.32 Å². The molecule has 2 rings (SSSR count). The lowest BCUT2D eigenvalue weighted by Crippen LogP contribution is -2.11. The molecular weight excluding hydrogens is 253 g/mol. The number of rotatable bonds is 5. The number of hydrogen-bond donors (Lipinski definition) is 1. The first kappa shape index (κ1) is 14.5. The predicted octanol–water partition coefficient (Wildman–Crippen LogP) is 4.34. The van der Waals surface area contributed by atoms with E-state index in [1.165, 1.54) is 6.07 Å². The van der Waals surface area contributed by atoms with Crippen LogP contribution < -0.4 is 10.1 Å². The van der Waals surface area contributed by atoms with Crippen LogP contribution in [-0.2, 0) is 6.54 Å². The summed E-state index contributed by atoms with van der Waals surface area (Å²) in [6.07, 6.45) is 0. The molecule has 2 aromatic carbocycles. The van der Waals surface area contributed by atoms with E-state index in [4.69, 9.17) is 4.74 Å². The Morgan fingerprint density at radius 3 is 2.50 bits per heavy atom. The average Bonchev–Trinajstić information content (AvgIpc) is 2.44. The second-order valence-electron chi connectivity index (χ2n) is 4.89. The Labute approximate surface area is 119 Å². The van der Waals surface area contributed by atoms with Crippen molar-refractivity contribution in [3.05, 3.63) is 58.9 Å². The van der Waals surface area contributed by atoms with Crippen LogP contribution >= 0.6 is 0 Å². The molecule has 0 unspecified atom stereocenters. The van der Waals surface area contributed by atoms with Crippen molar-refractivity contribution in [3.63, 3.8) is 0 Å². The topological polar surface area (TPSA) is 21.3 Å². The number of aryl methyl sites for hydroxylation is 2. The number of halogens is 1. The third-order valence-corrected chi connectivity index (χ3v) is 3.20. The van der Waals surface area contributed by atoms with Gasteiger partial charge in [0.25, 0.3) is 0 Å². The normalized spacial score (nSPS) is 10.6. The van der Waals surface area contributed by atoms with Gasteiger partial charge in [0.15, 0.2) is 0 Å². The van der Waals surface area contributed by atoms with Gasteiger partial charge in [-0.25, -0.2) is 4.39 Å². The zero-order valence-corrected chi connectivity index (χ0v) is 12.2. The standard InChI is InChI=1S/C17H20FNO/c1-4-19-11-14-7-5-13(3)17(9-14)20-15-8-6-12(2)16(18)10-15/h5-10,19H,4,11H2,1-3H3. The Balaban J connectivity index is 2.20. The minimum absolute atomic E-state index is 0.246. The summed E-state index contributed by atoms with van der Waals surface area (Å²) in [4.78, 5) is 0. The van der Waals surface area contributed by atoms with Crippen molar-refractivity contribution >= 4 is 0 Å². The van der Waals surface area contributed by atoms with E-state index in [0.29, 0.717) is 11.3 Å². The van der Waals surface area contributed by atoms with Crippen molar-refractivity contribution in [2.45, 2.75) is 27.3 Å². The molecule has 0 bridgehead atoms. The van der Waals surface area contributed by atoms with E-state index < -0.39 is 0 Å². The number of nitrogens with one attached hydrogen (secondary N) is 1. The Hall–Kier alpha value is -1.87. The van der Waals surface area contributed by atoms with Crippen LogP contribution in [0.5, 0.6) is 11.5 Å². The van der Waals surface area contributed by atoms with E-state index in [-0.39, 0.29) is 5.82 Å². The first-order valence-corrected chi connectivity index (χ1v) is 6.84. The van der Waals surface area contributed by atoms with Gasteiger partial charge in [-0.15, -0.1) is 0 Å². The fourth-order valence-electron chi connectivity index (χ4n) is 1.90. The highest BCUT2D eigenvalue weighted by Crippen LogP contribution is 2.27. The van der Waals surface area contributed by atoms with E-state index in [9.17, 15) is 4.39 Å². The molecule has 1 N–H and O–H groups in total. The summed E-state index contributed by atoms with van der Waals surface area (Å²) in [6, 6.07) is 11.0. The summed E-state index contributed by atoms with van der Waals surface area (Å²) in [6.45, 7) is 7.52. The molecule has 0 aromatic heterocycles. The Morgan fingerprint density at radius 1 is 1.05 bits per heavy atom. The second-order valence-corrected chi connectivity index (χ2v) is 4.89. The number of ether oxygens (including phenoxy) is 1. The van der Waals surface area contributed by atoms with Gasteiger partial charge in [-0.2, -0.15) is 0 Å². The van der Waals surface area contributed by atoms with Gasteiger partial charge in [-0.3, -0.25) is 0 Å². The fraction of sp³-hybridized carbons (Fsp3) is 0.294. The zero-order chi connectivity index (χ0) is 14.5. The van der Waals surface area contributed by atoms with Crippen LogP contribution in [0.15, 0.2) is 36.4 Å². The SMILES string of the molecule is CCNCc1ccc(C)c(Oc2ccc(C)c(F)c2)c1. The second kappa shape index (κ2) is 6.53. The molecule has 3 heteroatoms. The number of hydrogen-bond acceptors (Lipinski definition) is 2. The molecule has 0 aliphatic heterocycles. The highest BCUT2D eigenvalue weighted by Gasteiger charge is 2.05. The molecule has 0 saturated carbocycles. The summed E-state index contributed by atoms with van der Waals surface area (Å²) in [5.41, 5.74) is 2.81. The number of benzene rings is 2. The van der Waals surface area contributed by atoms with Crippen LogP contribution in [0, 0.1) is 19.7 Å². The van der Waals surface area contributed by atoms with E-state index in [1.54, 1.807) is 19.1 Å². The maximum atomic E-state index is 13.5. The minimum Gasteiger partial charge on any atom is -0.457 e. The predicted molar refractivity (Wildman–Crippen MR) is 79.8 cm³/mol. The van der Waals surface area contributed by atoms with E-state index >= 15 is 0 Å². The monoisotopic (exact) mass is 273 g/mol. The largest absolute Gasteiger partial charge is 0.457 e. The van der Waals surface area contributed by atoms with Gasteiger partial charge in [0.1, 0.15) is 17.3 Å². The van der Waals surface area contributed by atoms with Gasteiger partial charge >= 0.3 is 0 Å². The fourth-order valence-corrected chi connectivity index (χ4v) is 1.90. The van der Waals surface area contributed by atoms with Crippen LogP contribution in [-0.4, -0.2) is 6.54 Å². The lowest BCUT2D eigenvalue weighted by Gasteiger charge is -2.11. The average molecular weight is 273 g/mol. The maximum Gasteiger partial charge on any atom is 0.130 e. The minimum atomic E-state index is -0.246. The van der Waals surface area contributed by atoms with E-state index in [1.807, 2.05) is 19.1 Å². The third-order valence-electron chi connectivity index (χ3n) is 3.20. The molecular formula is C17H20FNO. The Bertz CT molecular complexity index is 596. The maximum absolute atomic E-state index is 13.5. The van der Waals surface area contributed by atoms with Crippen molar-refractivity contribution in [1.29, 1.82) is 0 Å². The highest BCUT2D eigenvalue weighted by molar-refractivity contribution is 5.40. The molecule has 0 heterocycles. The first-order chi connectivity index (χ1) is 9.60. The molecule has 20 heavy (non-hydrogen) atoms. The van der Waals surface area contributed by atoms with Crippen LogP contribution in [0.1, 0.15) is 23.6 Å². The quantitative estimate of drug-likeness (QED) is 0.874. The smallest absolute Gasteiger partial charge is 0.130 e. The molecule has 0 fully saturated rings. The molecule has 0 aliphatic carbocycles. The molecule has 0 aliphatic rings. The van der Waals surface area contributed by atoms with Gasteiger partial charge in [0.2, 0.25) is 0 Å². The van der Waals surface area contributed by atoms with Gasteiger partial charge in [-0.05, 0) is 49.2 Å². The van der Waals surface area contributed by atoms with Crippen LogP contribution in [0.25, 0.3) is 0 Å². The van der Waals surface area contributed by atoms with Crippen LogP contribution in [0.4, 0.5) is 4.39 Å². The highest BCUT2D eigenvalue weighted by atomic mass is 19.1. The van der Waals surface area contributed by atoms with Crippen molar-refractivity contribution < 1.29 is 9.13 Å². The lowest BCUT2D eigenvalue weighted by molar-refractivity contribution is 0.471. The molecule has 2 nitrogen and oxygen atoms in total. The Kier molecular flexibility index (Phi) is 4.74. The molecule has 0 atom stereocenters. The van der Waals surface area contributed by atoms with Crippen molar-refractivity contribution in [3.8, 4) is 11.5 Å². The molecule has 0 spiro atoms. The van der Waals surface area contributed by atoms with E-state index in [2.05, 4.69) is 18.3 Å². The van der Waals surface area contributed by atoms with Crippen LogP contribution in [0.3, 0.4) is 0 Å².